The third-order valence-electron chi connectivity index (χ3n) is 4.67. The zero-order chi connectivity index (χ0) is 14.9. The van der Waals surface area contributed by atoms with Gasteiger partial charge < -0.3 is 5.32 Å². The highest BCUT2D eigenvalue weighted by molar-refractivity contribution is 7.89. The van der Waals surface area contributed by atoms with Crippen molar-refractivity contribution in [3.05, 3.63) is 23.8 Å². The van der Waals surface area contributed by atoms with E-state index < -0.39 is 10.0 Å². The summed E-state index contributed by atoms with van der Waals surface area (Å²) in [7, 11) is -3.40. The number of nitrogens with one attached hydrogen (secondary N) is 2. The molecular formula is C16H24N2O2S. The summed E-state index contributed by atoms with van der Waals surface area (Å²) in [6.07, 6.45) is 6.25. The van der Waals surface area contributed by atoms with Crippen LogP contribution in [0.15, 0.2) is 23.1 Å². The van der Waals surface area contributed by atoms with E-state index >= 15 is 0 Å². The molecule has 3 rings (SSSR count). The van der Waals surface area contributed by atoms with Crippen molar-refractivity contribution in [3.8, 4) is 0 Å². The standard InChI is InChI=1S/C16H24N2O2S/c1-12-4-7-14(8-5-12)18-21(19,20)15-9-6-13-3-2-10-17-16(13)11-15/h6,9,11-12,14,17-18H,2-5,7-8,10H2,1H3. The Morgan fingerprint density at radius 1 is 1.19 bits per heavy atom. The van der Waals surface area contributed by atoms with Crippen LogP contribution in [-0.2, 0) is 16.4 Å². The fourth-order valence-electron chi connectivity index (χ4n) is 3.27. The van der Waals surface area contributed by atoms with Gasteiger partial charge in [0.15, 0.2) is 0 Å². The Bertz CT molecular complexity index is 605. The van der Waals surface area contributed by atoms with Crippen molar-refractivity contribution in [1.29, 1.82) is 0 Å². The van der Waals surface area contributed by atoms with E-state index in [0.29, 0.717) is 4.90 Å². The molecule has 0 saturated heterocycles. The third kappa shape index (κ3) is 3.40. The van der Waals surface area contributed by atoms with Gasteiger partial charge in [-0.05, 0) is 62.1 Å². The van der Waals surface area contributed by atoms with E-state index in [4.69, 9.17) is 0 Å². The van der Waals surface area contributed by atoms with Gasteiger partial charge in [-0.15, -0.1) is 0 Å². The van der Waals surface area contributed by atoms with Crippen LogP contribution < -0.4 is 10.0 Å². The van der Waals surface area contributed by atoms with Gasteiger partial charge in [-0.25, -0.2) is 13.1 Å². The highest BCUT2D eigenvalue weighted by Crippen LogP contribution is 2.27. The highest BCUT2D eigenvalue weighted by Gasteiger charge is 2.24. The number of hydrogen-bond acceptors (Lipinski definition) is 3. The lowest BCUT2D eigenvalue weighted by atomic mass is 9.88. The lowest BCUT2D eigenvalue weighted by molar-refractivity contribution is 0.332. The second-order valence-electron chi connectivity index (χ2n) is 6.43. The Kier molecular flexibility index (Phi) is 4.22. The summed E-state index contributed by atoms with van der Waals surface area (Å²) in [6.45, 7) is 3.16. The smallest absolute Gasteiger partial charge is 0.240 e. The normalized spacial score (nSPS) is 26.0. The van der Waals surface area contributed by atoms with E-state index in [1.807, 2.05) is 6.07 Å². The number of benzene rings is 1. The van der Waals surface area contributed by atoms with Crippen molar-refractivity contribution >= 4 is 15.7 Å². The molecule has 0 radical (unpaired) electrons. The number of sulfonamides is 1. The molecule has 0 spiro atoms. The van der Waals surface area contributed by atoms with Gasteiger partial charge in [0.05, 0.1) is 4.90 Å². The molecule has 0 atom stereocenters. The van der Waals surface area contributed by atoms with Crippen molar-refractivity contribution in [2.24, 2.45) is 5.92 Å². The number of aryl methyl sites for hydroxylation is 1. The topological polar surface area (TPSA) is 58.2 Å². The zero-order valence-electron chi connectivity index (χ0n) is 12.6. The van der Waals surface area contributed by atoms with Crippen LogP contribution in [0.1, 0.15) is 44.6 Å². The predicted molar refractivity (Wildman–Crippen MR) is 85.0 cm³/mol. The summed E-state index contributed by atoms with van der Waals surface area (Å²) in [5, 5.41) is 3.29. The monoisotopic (exact) mass is 308 g/mol. The molecule has 21 heavy (non-hydrogen) atoms. The van der Waals surface area contributed by atoms with Crippen molar-refractivity contribution in [2.45, 2.75) is 56.4 Å². The van der Waals surface area contributed by atoms with Crippen molar-refractivity contribution < 1.29 is 8.42 Å². The van der Waals surface area contributed by atoms with Crippen LogP contribution in [-0.4, -0.2) is 21.0 Å². The van der Waals surface area contributed by atoms with Crippen molar-refractivity contribution in [3.63, 3.8) is 0 Å². The maximum atomic E-state index is 12.5. The molecular weight excluding hydrogens is 284 g/mol. The average molecular weight is 308 g/mol. The van der Waals surface area contributed by atoms with Gasteiger partial charge in [0.25, 0.3) is 0 Å². The highest BCUT2D eigenvalue weighted by atomic mass is 32.2. The maximum Gasteiger partial charge on any atom is 0.240 e. The van der Waals surface area contributed by atoms with Gasteiger partial charge in [-0.2, -0.15) is 0 Å². The fourth-order valence-corrected chi connectivity index (χ4v) is 4.60. The first-order chi connectivity index (χ1) is 10.0. The van der Waals surface area contributed by atoms with Gasteiger partial charge in [0.1, 0.15) is 0 Å². The third-order valence-corrected chi connectivity index (χ3v) is 6.19. The zero-order valence-corrected chi connectivity index (χ0v) is 13.4. The molecule has 4 nitrogen and oxygen atoms in total. The van der Waals surface area contributed by atoms with E-state index in [1.54, 1.807) is 12.1 Å². The summed E-state index contributed by atoms with van der Waals surface area (Å²) in [4.78, 5) is 0.384. The number of rotatable bonds is 3. The lowest BCUT2D eigenvalue weighted by Gasteiger charge is -2.27. The lowest BCUT2D eigenvalue weighted by Crippen LogP contribution is -2.37. The molecule has 1 aliphatic carbocycles. The molecule has 1 saturated carbocycles. The average Bonchev–Trinajstić information content (AvgIpc) is 2.49. The minimum atomic E-state index is -3.40. The van der Waals surface area contributed by atoms with E-state index in [0.717, 1.165) is 56.7 Å². The minimum Gasteiger partial charge on any atom is -0.385 e. The molecule has 1 aliphatic heterocycles. The van der Waals surface area contributed by atoms with Gasteiger partial charge in [0, 0.05) is 18.3 Å². The molecule has 116 valence electrons. The van der Waals surface area contributed by atoms with Crippen LogP contribution in [0.4, 0.5) is 5.69 Å². The first-order valence-corrected chi connectivity index (χ1v) is 9.42. The van der Waals surface area contributed by atoms with Crippen LogP contribution in [0.5, 0.6) is 0 Å². The molecule has 5 heteroatoms. The number of fused-ring (bicyclic) bond motifs is 1. The Balaban J connectivity index is 1.75. The first kappa shape index (κ1) is 14.9. The van der Waals surface area contributed by atoms with E-state index in [2.05, 4.69) is 17.0 Å². The SMILES string of the molecule is CC1CCC(NS(=O)(=O)c2ccc3c(c2)NCCC3)CC1. The molecule has 0 aromatic heterocycles. The van der Waals surface area contributed by atoms with Crippen LogP contribution in [0, 0.1) is 5.92 Å². The Morgan fingerprint density at radius 3 is 2.71 bits per heavy atom. The molecule has 0 amide bonds. The number of anilines is 1. The molecule has 0 bridgehead atoms. The Labute approximate surface area is 127 Å². The summed E-state index contributed by atoms with van der Waals surface area (Å²) < 4.78 is 27.9. The fraction of sp³-hybridized carbons (Fsp3) is 0.625. The molecule has 1 aromatic carbocycles. The van der Waals surface area contributed by atoms with E-state index in [1.165, 1.54) is 5.56 Å². The van der Waals surface area contributed by atoms with Gasteiger partial charge in [0.2, 0.25) is 10.0 Å². The summed E-state index contributed by atoms with van der Waals surface area (Å²) >= 11 is 0. The summed E-state index contributed by atoms with van der Waals surface area (Å²) in [6, 6.07) is 5.55. The van der Waals surface area contributed by atoms with Crippen LogP contribution in [0.3, 0.4) is 0 Å². The van der Waals surface area contributed by atoms with Crippen LogP contribution >= 0.6 is 0 Å². The second kappa shape index (κ2) is 5.97. The van der Waals surface area contributed by atoms with Gasteiger partial charge >= 0.3 is 0 Å². The van der Waals surface area contributed by atoms with Crippen LogP contribution in [0.25, 0.3) is 0 Å². The molecule has 1 heterocycles. The molecule has 1 fully saturated rings. The molecule has 0 unspecified atom stereocenters. The van der Waals surface area contributed by atoms with E-state index in [9.17, 15) is 8.42 Å². The van der Waals surface area contributed by atoms with E-state index in [-0.39, 0.29) is 6.04 Å². The second-order valence-corrected chi connectivity index (χ2v) is 8.14. The summed E-state index contributed by atoms with van der Waals surface area (Å²) in [5.74, 6) is 0.721. The largest absolute Gasteiger partial charge is 0.385 e. The Hall–Kier alpha value is -1.07. The number of hydrogen-bond donors (Lipinski definition) is 2. The molecule has 1 aromatic rings. The first-order valence-electron chi connectivity index (χ1n) is 7.94. The van der Waals surface area contributed by atoms with Gasteiger partial charge in [-0.1, -0.05) is 13.0 Å². The maximum absolute atomic E-state index is 12.5. The summed E-state index contributed by atoms with van der Waals surface area (Å²) in [5.41, 5.74) is 2.19. The van der Waals surface area contributed by atoms with Crippen molar-refractivity contribution in [2.75, 3.05) is 11.9 Å². The Morgan fingerprint density at radius 2 is 1.95 bits per heavy atom. The quantitative estimate of drug-likeness (QED) is 0.902. The molecule has 2 N–H and O–H groups in total. The predicted octanol–water partition coefficient (Wildman–Crippen LogP) is 2.90. The van der Waals surface area contributed by atoms with Crippen molar-refractivity contribution in [1.82, 2.24) is 4.72 Å². The molecule has 2 aliphatic rings. The minimum absolute atomic E-state index is 0.0928. The van der Waals surface area contributed by atoms with Crippen LogP contribution in [0.2, 0.25) is 0 Å². The van der Waals surface area contributed by atoms with Gasteiger partial charge in [-0.3, -0.25) is 0 Å².